The molecule has 3 aromatic carbocycles. The van der Waals surface area contributed by atoms with Gasteiger partial charge in [-0.25, -0.2) is 0 Å². The highest BCUT2D eigenvalue weighted by Crippen LogP contribution is 2.34. The average molecular weight is 498 g/mol. The number of nitro groups is 1. The summed E-state index contributed by atoms with van der Waals surface area (Å²) in [6.07, 6.45) is 1.33. The highest BCUT2D eigenvalue weighted by Gasteiger charge is 2.17. The summed E-state index contributed by atoms with van der Waals surface area (Å²) in [5, 5.41) is 23.7. The Hall–Kier alpha value is -4.06. The molecule has 0 saturated heterocycles. The molecule has 172 valence electrons. The first-order valence-electron chi connectivity index (χ1n) is 9.73. The van der Waals surface area contributed by atoms with Gasteiger partial charge in [-0.1, -0.05) is 47.5 Å². The van der Waals surface area contributed by atoms with Crippen molar-refractivity contribution in [3.05, 3.63) is 97.5 Å². The van der Waals surface area contributed by atoms with Gasteiger partial charge in [-0.05, 0) is 35.9 Å². The minimum Gasteiger partial charge on any atom is -0.493 e. The molecule has 3 rings (SSSR count). The number of hydrogen-bond donors (Lipinski definition) is 1. The van der Waals surface area contributed by atoms with Crippen molar-refractivity contribution in [3.8, 4) is 17.6 Å². The largest absolute Gasteiger partial charge is 0.493 e. The van der Waals surface area contributed by atoms with Crippen LogP contribution in [0.3, 0.4) is 0 Å². The zero-order valence-corrected chi connectivity index (χ0v) is 19.3. The summed E-state index contributed by atoms with van der Waals surface area (Å²) >= 11 is 12.1. The third kappa shape index (κ3) is 6.04. The number of para-hydroxylation sites is 1. The van der Waals surface area contributed by atoms with Crippen molar-refractivity contribution in [1.29, 1.82) is 5.26 Å². The fourth-order valence-electron chi connectivity index (χ4n) is 2.96. The van der Waals surface area contributed by atoms with E-state index in [2.05, 4.69) is 5.32 Å². The minimum absolute atomic E-state index is 0.00471. The summed E-state index contributed by atoms with van der Waals surface area (Å²) in [7, 11) is 1.47. The van der Waals surface area contributed by atoms with E-state index in [1.807, 2.05) is 12.1 Å². The molecule has 0 aromatic heterocycles. The second-order valence-corrected chi connectivity index (χ2v) is 7.69. The van der Waals surface area contributed by atoms with Crippen molar-refractivity contribution in [2.24, 2.45) is 0 Å². The maximum atomic E-state index is 12.7. The Kier molecular flexibility index (Phi) is 8.09. The van der Waals surface area contributed by atoms with Crippen molar-refractivity contribution in [3.63, 3.8) is 0 Å². The van der Waals surface area contributed by atoms with Gasteiger partial charge in [-0.3, -0.25) is 14.9 Å². The van der Waals surface area contributed by atoms with Gasteiger partial charge in [0.15, 0.2) is 11.5 Å². The molecule has 1 N–H and O–H groups in total. The molecule has 0 fully saturated rings. The Balaban J connectivity index is 1.91. The predicted octanol–water partition coefficient (Wildman–Crippen LogP) is 6.03. The second-order valence-electron chi connectivity index (χ2n) is 6.84. The van der Waals surface area contributed by atoms with E-state index in [1.54, 1.807) is 36.4 Å². The van der Waals surface area contributed by atoms with E-state index >= 15 is 0 Å². The van der Waals surface area contributed by atoms with Crippen LogP contribution in [0.1, 0.15) is 11.1 Å². The summed E-state index contributed by atoms with van der Waals surface area (Å²) in [5.74, 6) is -0.0809. The monoisotopic (exact) mass is 497 g/mol. The lowest BCUT2D eigenvalue weighted by molar-refractivity contribution is -0.384. The van der Waals surface area contributed by atoms with Crippen LogP contribution in [-0.2, 0) is 11.4 Å². The normalized spacial score (nSPS) is 10.8. The van der Waals surface area contributed by atoms with Crippen molar-refractivity contribution in [2.75, 3.05) is 12.4 Å². The van der Waals surface area contributed by atoms with Crippen LogP contribution >= 0.6 is 23.2 Å². The van der Waals surface area contributed by atoms with Gasteiger partial charge in [0.2, 0.25) is 0 Å². The van der Waals surface area contributed by atoms with Gasteiger partial charge in [0.05, 0.1) is 22.7 Å². The molecule has 0 saturated carbocycles. The van der Waals surface area contributed by atoms with E-state index in [0.29, 0.717) is 22.1 Å². The molecular formula is C24H17Cl2N3O5. The molecule has 0 atom stereocenters. The number of non-ortho nitro benzene ring substituents is 1. The van der Waals surface area contributed by atoms with Crippen molar-refractivity contribution >= 4 is 46.6 Å². The Morgan fingerprint density at radius 1 is 1.18 bits per heavy atom. The third-order valence-electron chi connectivity index (χ3n) is 4.58. The number of anilines is 1. The van der Waals surface area contributed by atoms with E-state index in [1.165, 1.54) is 25.3 Å². The molecule has 8 nitrogen and oxygen atoms in total. The van der Waals surface area contributed by atoms with Crippen molar-refractivity contribution in [2.45, 2.75) is 6.61 Å². The van der Waals surface area contributed by atoms with Crippen LogP contribution in [0.4, 0.5) is 11.4 Å². The van der Waals surface area contributed by atoms with Gasteiger partial charge in [0, 0.05) is 22.7 Å². The number of benzene rings is 3. The maximum absolute atomic E-state index is 12.7. The van der Waals surface area contributed by atoms with Gasteiger partial charge in [-0.2, -0.15) is 5.26 Å². The Labute approximate surface area is 205 Å². The second kappa shape index (κ2) is 11.2. The van der Waals surface area contributed by atoms with Crippen LogP contribution in [-0.4, -0.2) is 17.9 Å². The van der Waals surface area contributed by atoms with E-state index in [9.17, 15) is 20.2 Å². The zero-order chi connectivity index (χ0) is 24.7. The molecular weight excluding hydrogens is 481 g/mol. The van der Waals surface area contributed by atoms with E-state index in [4.69, 9.17) is 32.7 Å². The van der Waals surface area contributed by atoms with Crippen LogP contribution in [0.15, 0.2) is 66.2 Å². The van der Waals surface area contributed by atoms with Crippen molar-refractivity contribution in [1.82, 2.24) is 0 Å². The summed E-state index contributed by atoms with van der Waals surface area (Å²) in [4.78, 5) is 23.1. The van der Waals surface area contributed by atoms with Crippen LogP contribution in [0.2, 0.25) is 10.0 Å². The lowest BCUT2D eigenvalue weighted by Crippen LogP contribution is -2.14. The predicted molar refractivity (Wildman–Crippen MR) is 129 cm³/mol. The number of nitriles is 1. The van der Waals surface area contributed by atoms with Crippen LogP contribution in [0.5, 0.6) is 11.5 Å². The number of amides is 1. The van der Waals surface area contributed by atoms with Crippen LogP contribution in [0.25, 0.3) is 6.08 Å². The number of halogens is 2. The molecule has 0 bridgehead atoms. The fourth-order valence-corrected chi connectivity index (χ4v) is 3.34. The molecule has 0 heterocycles. The number of nitrogens with zero attached hydrogens (tertiary/aromatic N) is 2. The Morgan fingerprint density at radius 2 is 1.94 bits per heavy atom. The first-order chi connectivity index (χ1) is 16.3. The highest BCUT2D eigenvalue weighted by molar-refractivity contribution is 6.34. The Bertz CT molecular complexity index is 1320. The van der Waals surface area contributed by atoms with E-state index in [0.717, 1.165) is 11.6 Å². The van der Waals surface area contributed by atoms with Gasteiger partial charge in [-0.15, -0.1) is 0 Å². The number of nitrogens with one attached hydrogen (secondary N) is 1. The first-order valence-corrected chi connectivity index (χ1v) is 10.5. The van der Waals surface area contributed by atoms with Gasteiger partial charge < -0.3 is 14.8 Å². The molecule has 0 aliphatic carbocycles. The van der Waals surface area contributed by atoms with E-state index < -0.39 is 10.8 Å². The average Bonchev–Trinajstić information content (AvgIpc) is 2.82. The van der Waals surface area contributed by atoms with E-state index in [-0.39, 0.29) is 28.6 Å². The molecule has 3 aromatic rings. The summed E-state index contributed by atoms with van der Waals surface area (Å²) in [5.41, 5.74) is 0.699. The molecule has 1 amide bonds. The SMILES string of the molecule is COc1cccc(/C=C(\C#N)C(=O)Nc2cc([N+](=O)[O-])ccc2Cl)c1OCc1cccc(Cl)c1. The number of ether oxygens (including phenoxy) is 2. The van der Waals surface area contributed by atoms with Crippen molar-refractivity contribution < 1.29 is 19.2 Å². The van der Waals surface area contributed by atoms with Gasteiger partial charge in [0.1, 0.15) is 18.2 Å². The number of rotatable bonds is 8. The van der Waals surface area contributed by atoms with Gasteiger partial charge in [0.25, 0.3) is 11.6 Å². The van der Waals surface area contributed by atoms with Crippen LogP contribution in [0, 0.1) is 21.4 Å². The lowest BCUT2D eigenvalue weighted by Gasteiger charge is -2.14. The highest BCUT2D eigenvalue weighted by atomic mass is 35.5. The number of carbonyl (C=O) groups is 1. The van der Waals surface area contributed by atoms with Gasteiger partial charge >= 0.3 is 0 Å². The fraction of sp³-hybridized carbons (Fsp3) is 0.0833. The first kappa shape index (κ1) is 24.6. The molecule has 0 radical (unpaired) electrons. The number of nitro benzene ring substituents is 1. The number of methoxy groups -OCH3 is 1. The summed E-state index contributed by atoms with van der Waals surface area (Å²) in [6, 6.07) is 17.6. The van der Waals surface area contributed by atoms with Crippen LogP contribution < -0.4 is 14.8 Å². The molecule has 0 unspecified atom stereocenters. The standard InChI is InChI=1S/C24H17Cl2N3O5/c1-33-22-7-3-5-16(23(22)34-14-15-4-2-6-18(25)10-15)11-17(13-27)24(30)28-21-12-19(29(31)32)8-9-20(21)26/h2-12H,14H2,1H3,(H,28,30)/b17-11+. The quantitative estimate of drug-likeness (QED) is 0.175. The smallest absolute Gasteiger partial charge is 0.271 e. The minimum atomic E-state index is -0.798. The third-order valence-corrected chi connectivity index (χ3v) is 5.14. The Morgan fingerprint density at radius 3 is 2.62 bits per heavy atom. The maximum Gasteiger partial charge on any atom is 0.271 e. The zero-order valence-electron chi connectivity index (χ0n) is 17.7. The topological polar surface area (TPSA) is 114 Å². The molecule has 34 heavy (non-hydrogen) atoms. The molecule has 0 spiro atoms. The number of hydrogen-bond acceptors (Lipinski definition) is 6. The lowest BCUT2D eigenvalue weighted by atomic mass is 10.1. The number of carbonyl (C=O) groups excluding carboxylic acids is 1. The molecule has 0 aliphatic rings. The molecule has 0 aliphatic heterocycles. The summed E-state index contributed by atoms with van der Waals surface area (Å²) in [6.45, 7) is 0.166. The summed E-state index contributed by atoms with van der Waals surface area (Å²) < 4.78 is 11.3. The molecule has 10 heteroatoms.